The molecule has 0 bridgehead atoms. The molecule has 2 aromatic heterocycles. The number of aromatic hydroxyl groups is 1. The molecule has 1 saturated heterocycles. The maximum absolute atomic E-state index is 12.6. The van der Waals surface area contributed by atoms with Crippen LogP contribution in [0.15, 0.2) is 64.8 Å². The van der Waals surface area contributed by atoms with Gasteiger partial charge in [-0.05, 0) is 53.3 Å². The highest BCUT2D eigenvalue weighted by Crippen LogP contribution is 2.36. The van der Waals surface area contributed by atoms with E-state index in [1.807, 2.05) is 47.8 Å². The van der Waals surface area contributed by atoms with Gasteiger partial charge in [0, 0.05) is 22.4 Å². The summed E-state index contributed by atoms with van der Waals surface area (Å²) in [6.07, 6.45) is 0.820. The van der Waals surface area contributed by atoms with Crippen LogP contribution < -0.4 is 10.9 Å². The molecule has 3 heterocycles. The van der Waals surface area contributed by atoms with Crippen LogP contribution >= 0.6 is 11.3 Å². The number of hydrogen-bond acceptors (Lipinski definition) is 5. The van der Waals surface area contributed by atoms with Crippen LogP contribution in [0.1, 0.15) is 16.8 Å². The number of aromatic nitrogens is 1. The molecule has 1 aliphatic heterocycles. The third-order valence-corrected chi connectivity index (χ3v) is 6.36. The van der Waals surface area contributed by atoms with E-state index in [0.717, 1.165) is 17.5 Å². The summed E-state index contributed by atoms with van der Waals surface area (Å²) in [7, 11) is 0. The van der Waals surface area contributed by atoms with Crippen molar-refractivity contribution in [1.29, 1.82) is 0 Å². The molecule has 0 spiro atoms. The van der Waals surface area contributed by atoms with Gasteiger partial charge >= 0.3 is 0 Å². The number of amides is 1. The van der Waals surface area contributed by atoms with Crippen molar-refractivity contribution in [1.82, 2.24) is 10.3 Å². The number of nitrogens with one attached hydrogen (secondary N) is 2. The minimum Gasteiger partial charge on any atom is -0.506 e. The Morgan fingerprint density at radius 1 is 1.13 bits per heavy atom. The second-order valence-electron chi connectivity index (χ2n) is 7.53. The highest BCUT2D eigenvalue weighted by atomic mass is 32.1. The quantitative estimate of drug-likeness (QED) is 0.452. The number of fused-ring (bicyclic) bond motifs is 1. The number of H-pyrrole nitrogens is 1. The van der Waals surface area contributed by atoms with Gasteiger partial charge in [-0.25, -0.2) is 0 Å². The van der Waals surface area contributed by atoms with Crippen molar-refractivity contribution in [3.63, 3.8) is 0 Å². The number of thiophene rings is 1. The summed E-state index contributed by atoms with van der Waals surface area (Å²) in [5, 5.41) is 16.3. The van der Waals surface area contributed by atoms with Crippen LogP contribution in [0.25, 0.3) is 32.5 Å². The topological polar surface area (TPSA) is 91.4 Å². The lowest BCUT2D eigenvalue weighted by Crippen LogP contribution is -2.34. The largest absolute Gasteiger partial charge is 0.506 e. The van der Waals surface area contributed by atoms with Gasteiger partial charge in [-0.2, -0.15) is 0 Å². The van der Waals surface area contributed by atoms with E-state index >= 15 is 0 Å². The van der Waals surface area contributed by atoms with Crippen molar-refractivity contribution in [3.05, 3.63) is 75.9 Å². The van der Waals surface area contributed by atoms with Crippen molar-refractivity contribution in [3.8, 4) is 27.3 Å². The van der Waals surface area contributed by atoms with Crippen molar-refractivity contribution in [2.45, 2.75) is 12.5 Å². The maximum atomic E-state index is 12.6. The van der Waals surface area contributed by atoms with Gasteiger partial charge < -0.3 is 20.1 Å². The predicted molar refractivity (Wildman–Crippen MR) is 122 cm³/mol. The Labute approximate surface area is 182 Å². The number of hydrogen-bond donors (Lipinski definition) is 3. The molecule has 1 aliphatic rings. The molecule has 6 nitrogen and oxygen atoms in total. The Balaban J connectivity index is 1.53. The summed E-state index contributed by atoms with van der Waals surface area (Å²) in [5.74, 6) is -0.177. The third-order valence-electron chi connectivity index (χ3n) is 5.48. The molecule has 4 aromatic rings. The van der Waals surface area contributed by atoms with Crippen molar-refractivity contribution in [2.75, 3.05) is 13.2 Å². The SMILES string of the molecule is O=C(NC1CCOC1)c1cccc(-c2ccc3[nH]c(=O)c(-c4cccs4)c(O)c3c2)c1. The molecular formula is C24H20N2O4S. The number of pyridine rings is 1. The fourth-order valence-electron chi connectivity index (χ4n) is 3.86. The Morgan fingerprint density at radius 2 is 2.00 bits per heavy atom. The van der Waals surface area contributed by atoms with Crippen LogP contribution in [0.3, 0.4) is 0 Å². The smallest absolute Gasteiger partial charge is 0.260 e. The van der Waals surface area contributed by atoms with Gasteiger partial charge in [0.25, 0.3) is 11.5 Å². The molecule has 1 atom stereocenters. The van der Waals surface area contributed by atoms with E-state index in [1.54, 1.807) is 12.1 Å². The van der Waals surface area contributed by atoms with E-state index in [9.17, 15) is 14.7 Å². The lowest BCUT2D eigenvalue weighted by atomic mass is 9.99. The number of carbonyl (C=O) groups is 1. The van der Waals surface area contributed by atoms with E-state index in [1.165, 1.54) is 11.3 Å². The van der Waals surface area contributed by atoms with E-state index in [2.05, 4.69) is 10.3 Å². The Morgan fingerprint density at radius 3 is 2.77 bits per heavy atom. The fraction of sp³-hybridized carbons (Fsp3) is 0.167. The zero-order valence-corrected chi connectivity index (χ0v) is 17.4. The van der Waals surface area contributed by atoms with Gasteiger partial charge in [0.05, 0.1) is 23.7 Å². The second kappa shape index (κ2) is 8.02. The second-order valence-corrected chi connectivity index (χ2v) is 8.48. The maximum Gasteiger partial charge on any atom is 0.260 e. The third kappa shape index (κ3) is 3.73. The molecule has 5 rings (SSSR count). The van der Waals surface area contributed by atoms with Crippen LogP contribution in [-0.4, -0.2) is 35.3 Å². The minimum atomic E-state index is -0.324. The van der Waals surface area contributed by atoms with Gasteiger partial charge in [0.15, 0.2) is 0 Å². The molecule has 31 heavy (non-hydrogen) atoms. The van der Waals surface area contributed by atoms with Crippen molar-refractivity contribution in [2.24, 2.45) is 0 Å². The normalized spacial score (nSPS) is 15.9. The average Bonchev–Trinajstić information content (AvgIpc) is 3.48. The van der Waals surface area contributed by atoms with Crippen molar-refractivity contribution < 1.29 is 14.6 Å². The molecule has 1 amide bonds. The minimum absolute atomic E-state index is 0.0428. The van der Waals surface area contributed by atoms with Crippen LogP contribution in [0.4, 0.5) is 0 Å². The molecule has 156 valence electrons. The number of ether oxygens (including phenoxy) is 1. The fourth-order valence-corrected chi connectivity index (χ4v) is 4.63. The molecule has 0 saturated carbocycles. The van der Waals surface area contributed by atoms with Gasteiger partial charge in [-0.1, -0.05) is 24.3 Å². The lowest BCUT2D eigenvalue weighted by Gasteiger charge is -2.12. The lowest BCUT2D eigenvalue weighted by molar-refractivity contribution is 0.0930. The Kier molecular flexibility index (Phi) is 5.05. The number of rotatable bonds is 4. The Hall–Kier alpha value is -3.42. The number of benzene rings is 2. The zero-order valence-electron chi connectivity index (χ0n) is 16.6. The predicted octanol–water partition coefficient (Wildman–Crippen LogP) is 4.15. The van der Waals surface area contributed by atoms with Crippen LogP contribution in [-0.2, 0) is 4.74 Å². The summed E-state index contributed by atoms with van der Waals surface area (Å²) in [4.78, 5) is 28.7. The van der Waals surface area contributed by atoms with Gasteiger partial charge in [-0.3, -0.25) is 9.59 Å². The summed E-state index contributed by atoms with van der Waals surface area (Å²) in [5.41, 5.74) is 2.75. The first-order valence-electron chi connectivity index (χ1n) is 10.0. The monoisotopic (exact) mass is 432 g/mol. The number of carbonyl (C=O) groups excluding carboxylic acids is 1. The van der Waals surface area contributed by atoms with E-state index in [4.69, 9.17) is 4.74 Å². The van der Waals surface area contributed by atoms with Gasteiger partial charge in [-0.15, -0.1) is 11.3 Å². The van der Waals surface area contributed by atoms with Crippen molar-refractivity contribution >= 4 is 28.1 Å². The first kappa shape index (κ1) is 19.5. The molecule has 1 fully saturated rings. The highest BCUT2D eigenvalue weighted by molar-refractivity contribution is 7.13. The highest BCUT2D eigenvalue weighted by Gasteiger charge is 2.19. The van der Waals surface area contributed by atoms with E-state index < -0.39 is 0 Å². The standard InChI is InChI=1S/C24H20N2O4S/c27-22-18-12-15(6-7-19(18)26-24(29)21(22)20-5-2-10-31-20)14-3-1-4-16(11-14)23(28)25-17-8-9-30-13-17/h1-7,10-12,17H,8-9,13H2,(H,25,28)(H2,26,27,29). The van der Waals surface area contributed by atoms with Crippen LogP contribution in [0, 0.1) is 0 Å². The average molecular weight is 433 g/mol. The van der Waals surface area contributed by atoms with Gasteiger partial charge in [0.1, 0.15) is 5.75 Å². The van der Waals surface area contributed by atoms with Crippen LogP contribution in [0.5, 0.6) is 5.75 Å². The zero-order chi connectivity index (χ0) is 21.4. The first-order valence-corrected chi connectivity index (χ1v) is 10.9. The summed E-state index contributed by atoms with van der Waals surface area (Å²) in [6.45, 7) is 1.21. The molecule has 7 heteroatoms. The summed E-state index contributed by atoms with van der Waals surface area (Å²) in [6, 6.07) is 16.5. The molecule has 1 unspecified atom stereocenters. The summed E-state index contributed by atoms with van der Waals surface area (Å²) < 4.78 is 5.32. The molecule has 3 N–H and O–H groups in total. The van der Waals surface area contributed by atoms with E-state index in [0.29, 0.717) is 34.6 Å². The molecule has 0 aliphatic carbocycles. The Bertz CT molecular complexity index is 1320. The van der Waals surface area contributed by atoms with E-state index in [-0.39, 0.29) is 28.8 Å². The number of aromatic amines is 1. The molecule has 2 aromatic carbocycles. The molecular weight excluding hydrogens is 412 g/mol. The summed E-state index contributed by atoms with van der Waals surface area (Å²) >= 11 is 1.40. The van der Waals surface area contributed by atoms with Gasteiger partial charge in [0.2, 0.25) is 0 Å². The molecule has 0 radical (unpaired) electrons. The first-order chi connectivity index (χ1) is 15.1. The van der Waals surface area contributed by atoms with Crippen LogP contribution in [0.2, 0.25) is 0 Å².